The molecule has 0 spiro atoms. The van der Waals surface area contributed by atoms with Crippen molar-refractivity contribution in [2.45, 2.75) is 68.5 Å². The minimum Gasteiger partial charge on any atom is -0.493 e. The molecule has 0 saturated carbocycles. The van der Waals surface area contributed by atoms with Gasteiger partial charge in [0.05, 0.1) is 107 Å². The van der Waals surface area contributed by atoms with Gasteiger partial charge in [-0.3, -0.25) is 53.3 Å². The first-order valence-corrected chi connectivity index (χ1v) is 41.0. The van der Waals surface area contributed by atoms with E-state index in [1.807, 2.05) is 61.5 Å². The van der Waals surface area contributed by atoms with Crippen LogP contribution < -0.4 is 47.7 Å². The maximum Gasteiger partial charge on any atom is 0.265 e. The highest BCUT2D eigenvalue weighted by Crippen LogP contribution is 2.43. The summed E-state index contributed by atoms with van der Waals surface area (Å²) in [7, 11) is 9.61. The molecule has 0 radical (unpaired) electrons. The third kappa shape index (κ3) is 18.3. The summed E-state index contributed by atoms with van der Waals surface area (Å²) in [6.07, 6.45) is 1.44. The number of rotatable bonds is 29. The normalized spacial score (nSPS) is 15.7. The molecule has 598 valence electrons. The molecule has 2 fully saturated rings. The number of hydrogen-bond donors (Lipinski definition) is 1. The van der Waals surface area contributed by atoms with Crippen molar-refractivity contribution in [3.8, 4) is 40.2 Å². The number of imide groups is 3. The van der Waals surface area contributed by atoms with Crippen LogP contribution in [0.15, 0.2) is 190 Å². The Balaban J connectivity index is 0.000000158. The van der Waals surface area contributed by atoms with Gasteiger partial charge < -0.3 is 47.9 Å². The zero-order valence-corrected chi connectivity index (χ0v) is 69.0. The zero-order valence-electron chi connectivity index (χ0n) is 65.8. The summed E-state index contributed by atoms with van der Waals surface area (Å²) in [4.78, 5) is 96.2. The Morgan fingerprint density at radius 1 is 0.474 bits per heavy atom. The molecular weight excluding hydrogens is 1560 g/mol. The van der Waals surface area contributed by atoms with Gasteiger partial charge in [-0.2, -0.15) is 0 Å². The Morgan fingerprint density at radius 2 is 1.03 bits per heavy atom. The molecular formula is C87H96BrN9O15S2. The number of hydrogen-bond acceptors (Lipinski definition) is 21. The van der Waals surface area contributed by atoms with Crippen molar-refractivity contribution < 1.29 is 70.3 Å². The van der Waals surface area contributed by atoms with Gasteiger partial charge in [0.15, 0.2) is 34.5 Å². The number of thiophene rings is 1. The highest BCUT2D eigenvalue weighted by Gasteiger charge is 2.44. The quantitative estimate of drug-likeness (QED) is 0.0338. The van der Waals surface area contributed by atoms with Gasteiger partial charge in [0, 0.05) is 87.7 Å². The topological polar surface area (TPSA) is 239 Å². The van der Waals surface area contributed by atoms with Crippen LogP contribution in [0.4, 0.5) is 11.4 Å². The first-order valence-electron chi connectivity index (χ1n) is 37.8. The maximum absolute atomic E-state index is 13.9. The summed E-state index contributed by atoms with van der Waals surface area (Å²) in [5, 5.41) is 1.70. The third-order valence-corrected chi connectivity index (χ3v) is 24.9. The monoisotopic (exact) mass is 1650 g/mol. The van der Waals surface area contributed by atoms with Crippen LogP contribution in [-0.2, 0) is 23.1 Å². The van der Waals surface area contributed by atoms with E-state index in [9.17, 15) is 37.2 Å². The number of benzene rings is 8. The lowest BCUT2D eigenvalue weighted by molar-refractivity contribution is 0.0565. The van der Waals surface area contributed by atoms with Crippen LogP contribution in [-0.4, -0.2) is 202 Å². The smallest absolute Gasteiger partial charge is 0.265 e. The number of methoxy groups -OCH3 is 6. The predicted molar refractivity (Wildman–Crippen MR) is 442 cm³/mol. The number of piperazine rings is 2. The van der Waals surface area contributed by atoms with E-state index in [0.717, 1.165) is 104 Å². The molecule has 3 atom stereocenters. The Hall–Kier alpha value is -10.7. The first-order chi connectivity index (χ1) is 55.1. The minimum atomic E-state index is -3.64. The first kappa shape index (κ1) is 82.8. The second kappa shape index (κ2) is 37.5. The maximum atomic E-state index is 13.9. The van der Waals surface area contributed by atoms with Crippen molar-refractivity contribution in [2.75, 3.05) is 139 Å². The Bertz CT molecular complexity index is 5060. The standard InChI is InChI=1S/C29H30BrN3O4.C29H35N3O7S2.C29H31N3O4/c1-19(20-8-5-4-6-9-20)31-12-14-32(15-13-31)24-11-7-10-22-27(24)29(35)33(28(22)34)18-21-16-25(36-2)26(37-3)17-23(21)30;1-31(2)16-8-17-39-24-11-5-9-21-27(24)29(34)32(28(21)33)22(20-13-14-23(37-3)25(19-20)38-4)10-6-15-30-41(35,36)26-12-7-18-40-26;1-20(22-7-5-4-6-8-22)30-13-15-31(16-14-30)23-10-11-24-25(18-23)29(34)32(28(24)33)19-21-9-12-26(35-2)27(17-21)36-3/h4-11,16-17,19H,12-15,18H2,1-3H3;5,7,9,11-14,18-19,22,30H,6,8,10,15-17H2,1-4H3;4-12,17-18,20H,13-16,19H2,1-3H3/t19-;22-;20-/m111/s1. The van der Waals surface area contributed by atoms with E-state index >= 15 is 0 Å². The number of nitrogens with zero attached hydrogens (tertiary/aromatic N) is 8. The van der Waals surface area contributed by atoms with Crippen molar-refractivity contribution >= 4 is 84.1 Å². The van der Waals surface area contributed by atoms with Gasteiger partial charge in [0.1, 0.15) is 9.96 Å². The minimum absolute atomic E-state index is 0.132. The number of halogens is 1. The summed E-state index contributed by atoms with van der Waals surface area (Å²) in [6.45, 7) is 13.1. The average Bonchev–Trinajstić information content (AvgIpc) is 1.61. The molecule has 114 heavy (non-hydrogen) atoms. The Morgan fingerprint density at radius 3 is 1.63 bits per heavy atom. The van der Waals surface area contributed by atoms with Crippen LogP contribution in [0.1, 0.15) is 141 Å². The lowest BCUT2D eigenvalue weighted by atomic mass is 9.99. The third-order valence-electron chi connectivity index (χ3n) is 21.3. The lowest BCUT2D eigenvalue weighted by Crippen LogP contribution is -2.47. The van der Waals surface area contributed by atoms with E-state index in [-0.39, 0.29) is 58.6 Å². The molecule has 5 aliphatic heterocycles. The number of fused-ring (bicyclic) bond motifs is 3. The highest BCUT2D eigenvalue weighted by molar-refractivity contribution is 9.10. The van der Waals surface area contributed by atoms with E-state index in [1.165, 1.54) is 40.0 Å². The van der Waals surface area contributed by atoms with Crippen LogP contribution in [0.5, 0.6) is 40.2 Å². The molecule has 24 nitrogen and oxygen atoms in total. The molecule has 27 heteroatoms. The fourth-order valence-electron chi connectivity index (χ4n) is 15.0. The molecule has 6 heterocycles. The van der Waals surface area contributed by atoms with Gasteiger partial charge in [0.2, 0.25) is 10.0 Å². The molecule has 14 rings (SSSR count). The summed E-state index contributed by atoms with van der Waals surface area (Å²) in [5.74, 6) is 1.67. The molecule has 9 aromatic rings. The second-order valence-electron chi connectivity index (χ2n) is 28.3. The number of carbonyl (C=O) groups excluding carboxylic acids is 6. The fourth-order valence-corrected chi connectivity index (χ4v) is 17.6. The summed E-state index contributed by atoms with van der Waals surface area (Å²) in [5.41, 5.74) is 9.06. The van der Waals surface area contributed by atoms with Gasteiger partial charge in [-0.1, -0.05) is 107 Å². The zero-order chi connectivity index (χ0) is 80.9. The molecule has 0 bridgehead atoms. The number of carbonyl (C=O) groups is 6. The number of sulfonamides is 1. The van der Waals surface area contributed by atoms with Gasteiger partial charge >= 0.3 is 0 Å². The molecule has 0 unspecified atom stereocenters. The van der Waals surface area contributed by atoms with Crippen LogP contribution >= 0.6 is 27.3 Å². The van der Waals surface area contributed by atoms with Gasteiger partial charge in [-0.05, 0) is 165 Å². The Labute approximate surface area is 678 Å². The Kier molecular flexibility index (Phi) is 27.3. The van der Waals surface area contributed by atoms with E-state index < -0.39 is 27.9 Å². The molecule has 6 amide bonds. The van der Waals surface area contributed by atoms with Gasteiger partial charge in [0.25, 0.3) is 35.4 Å². The van der Waals surface area contributed by atoms with E-state index in [0.29, 0.717) is 99.6 Å². The molecule has 2 saturated heterocycles. The van der Waals surface area contributed by atoms with E-state index in [4.69, 9.17) is 33.2 Å². The van der Waals surface area contributed by atoms with Crippen molar-refractivity contribution in [3.63, 3.8) is 0 Å². The molecule has 0 aliphatic carbocycles. The van der Waals surface area contributed by atoms with Crippen molar-refractivity contribution in [1.29, 1.82) is 0 Å². The van der Waals surface area contributed by atoms with Crippen molar-refractivity contribution in [1.82, 2.24) is 34.1 Å². The van der Waals surface area contributed by atoms with Crippen LogP contribution in [0.25, 0.3) is 0 Å². The summed E-state index contributed by atoms with van der Waals surface area (Å²) >= 11 is 4.68. The largest absolute Gasteiger partial charge is 0.493 e. The summed E-state index contributed by atoms with van der Waals surface area (Å²) in [6, 6.07) is 54.7. The second-order valence-corrected chi connectivity index (χ2v) is 32.1. The molecule has 1 aromatic heterocycles. The van der Waals surface area contributed by atoms with E-state index in [2.05, 4.69) is 103 Å². The van der Waals surface area contributed by atoms with Crippen LogP contribution in [0, 0.1) is 0 Å². The van der Waals surface area contributed by atoms with Crippen LogP contribution in [0.2, 0.25) is 0 Å². The fraction of sp³-hybridized carbons (Fsp3) is 0.333. The SMILES string of the molecule is COc1cc(Br)c(CN2C(=O)c3cccc(N4CCN([C@H](C)c5ccccc5)CC4)c3C2=O)cc1OC.COc1ccc(CN2C(=O)c3ccc(N4CCN([C@H](C)c5ccccc5)CC4)cc3C2=O)cc1OC.COc1ccc([C@@H](CCCNS(=O)(=O)c2cccs2)N2C(=O)c3cccc(OCCCN(C)C)c3C2=O)cc1OC. The molecule has 8 aromatic carbocycles. The summed E-state index contributed by atoms with van der Waals surface area (Å²) < 4.78 is 67.0. The van der Waals surface area contributed by atoms with Crippen molar-refractivity contribution in [3.05, 3.63) is 247 Å². The van der Waals surface area contributed by atoms with Crippen molar-refractivity contribution in [2.24, 2.45) is 0 Å². The molecule has 5 aliphatic rings. The van der Waals surface area contributed by atoms with Gasteiger partial charge in [-0.15, -0.1) is 11.3 Å². The van der Waals surface area contributed by atoms with E-state index in [1.54, 1.807) is 119 Å². The predicted octanol–water partition coefficient (Wildman–Crippen LogP) is 13.7. The average molecular weight is 1650 g/mol. The molecule has 1 N–H and O–H groups in total. The number of amides is 6. The number of nitrogens with one attached hydrogen (secondary N) is 1. The number of anilines is 2. The van der Waals surface area contributed by atoms with Crippen LogP contribution in [0.3, 0.4) is 0 Å². The number of ether oxygens (including phenoxy) is 7. The lowest BCUT2D eigenvalue weighted by Gasteiger charge is -2.39. The van der Waals surface area contributed by atoms with Gasteiger partial charge in [-0.25, -0.2) is 13.1 Å². The highest BCUT2D eigenvalue weighted by atomic mass is 79.9.